The summed E-state index contributed by atoms with van der Waals surface area (Å²) in [6.07, 6.45) is 0. The minimum Gasteiger partial charge on any atom is -0.493 e. The van der Waals surface area contributed by atoms with Crippen molar-refractivity contribution in [3.8, 4) is 11.5 Å². The molecule has 0 unspecified atom stereocenters. The van der Waals surface area contributed by atoms with Crippen LogP contribution in [0.5, 0.6) is 11.5 Å². The second kappa shape index (κ2) is 7.75. The average molecular weight is 324 g/mol. The maximum Gasteiger partial charge on any atom is 0.289 e. The van der Waals surface area contributed by atoms with Crippen LogP contribution in [-0.4, -0.2) is 38.1 Å². The highest BCUT2D eigenvalue weighted by Gasteiger charge is 2.16. The summed E-state index contributed by atoms with van der Waals surface area (Å²) in [5.41, 5.74) is 0. The normalized spacial score (nSPS) is 10.3. The van der Waals surface area contributed by atoms with Gasteiger partial charge in [-0.25, -0.2) is 0 Å². The van der Waals surface area contributed by atoms with E-state index in [9.17, 15) is 4.79 Å². The number of hydrogen-bond acceptors (Lipinski definition) is 4. The van der Waals surface area contributed by atoms with Gasteiger partial charge < -0.3 is 18.8 Å². The summed E-state index contributed by atoms with van der Waals surface area (Å²) in [6.45, 7) is 0.777. The molecule has 0 atom stereocenters. The summed E-state index contributed by atoms with van der Waals surface area (Å²) in [5, 5.41) is 0. The molecule has 0 aliphatic rings. The molecule has 1 heterocycles. The predicted molar refractivity (Wildman–Crippen MR) is 83.7 cm³/mol. The second-order valence-electron chi connectivity index (χ2n) is 4.63. The number of likely N-dealkylation sites (N-methyl/N-ethyl adjacent to an activating group) is 1. The SMILES string of the molecule is COc1ccccc1OCCN(C)C(=O)c1ccc(CCl)o1. The van der Waals surface area contributed by atoms with Crippen LogP contribution in [0.4, 0.5) is 0 Å². The fourth-order valence-electron chi connectivity index (χ4n) is 1.88. The number of amides is 1. The predicted octanol–water partition coefficient (Wildman–Crippen LogP) is 3.18. The molecule has 0 radical (unpaired) electrons. The number of alkyl halides is 1. The summed E-state index contributed by atoms with van der Waals surface area (Å²) in [5.74, 6) is 2.19. The van der Waals surface area contributed by atoms with Crippen LogP contribution in [-0.2, 0) is 5.88 Å². The summed E-state index contributed by atoms with van der Waals surface area (Å²) in [6, 6.07) is 10.7. The Hall–Kier alpha value is -2.14. The minimum absolute atomic E-state index is 0.208. The number of ether oxygens (including phenoxy) is 2. The zero-order valence-electron chi connectivity index (χ0n) is 12.5. The van der Waals surface area contributed by atoms with Crippen LogP contribution in [0.15, 0.2) is 40.8 Å². The van der Waals surface area contributed by atoms with E-state index < -0.39 is 0 Å². The molecule has 5 nitrogen and oxygen atoms in total. The Labute approximate surface area is 134 Å². The van der Waals surface area contributed by atoms with Gasteiger partial charge in [0.15, 0.2) is 17.3 Å². The van der Waals surface area contributed by atoms with Crippen LogP contribution in [0.1, 0.15) is 16.3 Å². The van der Waals surface area contributed by atoms with Crippen LogP contribution in [0.2, 0.25) is 0 Å². The minimum atomic E-state index is -0.208. The first-order valence-electron chi connectivity index (χ1n) is 6.81. The highest BCUT2D eigenvalue weighted by Crippen LogP contribution is 2.25. The first kappa shape index (κ1) is 16.2. The molecule has 2 rings (SSSR count). The molecule has 0 saturated heterocycles. The third-order valence-corrected chi connectivity index (χ3v) is 3.37. The van der Waals surface area contributed by atoms with Crippen LogP contribution in [0.25, 0.3) is 0 Å². The fourth-order valence-corrected chi connectivity index (χ4v) is 2.03. The lowest BCUT2D eigenvalue weighted by molar-refractivity contribution is 0.0740. The van der Waals surface area contributed by atoms with Gasteiger partial charge in [-0.05, 0) is 24.3 Å². The van der Waals surface area contributed by atoms with E-state index in [1.54, 1.807) is 26.3 Å². The second-order valence-corrected chi connectivity index (χ2v) is 4.89. The van der Waals surface area contributed by atoms with Gasteiger partial charge in [0.2, 0.25) is 0 Å². The molecule has 6 heteroatoms. The average Bonchev–Trinajstić information content (AvgIpc) is 3.03. The number of nitrogens with zero attached hydrogens (tertiary/aromatic N) is 1. The Morgan fingerprint density at radius 2 is 1.95 bits per heavy atom. The van der Waals surface area contributed by atoms with E-state index in [0.29, 0.717) is 30.4 Å². The van der Waals surface area contributed by atoms with Crippen LogP contribution in [0, 0.1) is 0 Å². The van der Waals surface area contributed by atoms with E-state index in [1.165, 1.54) is 4.90 Å². The lowest BCUT2D eigenvalue weighted by Crippen LogP contribution is -2.30. The lowest BCUT2D eigenvalue weighted by atomic mass is 10.3. The van der Waals surface area contributed by atoms with Gasteiger partial charge in [-0.15, -0.1) is 11.6 Å². The summed E-state index contributed by atoms with van der Waals surface area (Å²) in [4.78, 5) is 13.7. The smallest absolute Gasteiger partial charge is 0.289 e. The lowest BCUT2D eigenvalue weighted by Gasteiger charge is -2.17. The van der Waals surface area contributed by atoms with E-state index in [2.05, 4.69) is 0 Å². The number of para-hydroxylation sites is 2. The number of furan rings is 1. The molecular weight excluding hydrogens is 306 g/mol. The Morgan fingerprint density at radius 3 is 2.59 bits per heavy atom. The van der Waals surface area contributed by atoms with E-state index in [1.807, 2.05) is 24.3 Å². The Morgan fingerprint density at radius 1 is 1.23 bits per heavy atom. The van der Waals surface area contributed by atoms with Crippen LogP contribution < -0.4 is 9.47 Å². The number of halogens is 1. The number of rotatable bonds is 7. The van der Waals surface area contributed by atoms with Crippen molar-refractivity contribution in [3.63, 3.8) is 0 Å². The van der Waals surface area contributed by atoms with Crippen molar-refractivity contribution in [1.29, 1.82) is 0 Å². The van der Waals surface area contributed by atoms with Gasteiger partial charge in [-0.1, -0.05) is 12.1 Å². The molecule has 2 aromatic rings. The molecule has 22 heavy (non-hydrogen) atoms. The summed E-state index contributed by atoms with van der Waals surface area (Å²) in [7, 11) is 3.28. The van der Waals surface area contributed by atoms with E-state index in [4.69, 9.17) is 25.5 Å². The maximum atomic E-state index is 12.1. The molecule has 1 amide bonds. The maximum absolute atomic E-state index is 12.1. The van der Waals surface area contributed by atoms with E-state index in [0.717, 1.165) is 0 Å². The van der Waals surface area contributed by atoms with Gasteiger partial charge in [0.25, 0.3) is 5.91 Å². The summed E-state index contributed by atoms with van der Waals surface area (Å²) < 4.78 is 16.2. The number of benzene rings is 1. The zero-order chi connectivity index (χ0) is 15.9. The molecule has 0 bridgehead atoms. The molecule has 0 aliphatic heterocycles. The van der Waals surface area contributed by atoms with Gasteiger partial charge in [-0.2, -0.15) is 0 Å². The number of carbonyl (C=O) groups excluding carboxylic acids is 1. The topological polar surface area (TPSA) is 51.9 Å². The third-order valence-electron chi connectivity index (χ3n) is 3.10. The molecule has 1 aromatic heterocycles. The monoisotopic (exact) mass is 323 g/mol. The van der Waals surface area contributed by atoms with Crippen molar-refractivity contribution < 1.29 is 18.7 Å². The molecule has 0 N–H and O–H groups in total. The van der Waals surface area contributed by atoms with Crippen molar-refractivity contribution >= 4 is 17.5 Å². The highest BCUT2D eigenvalue weighted by atomic mass is 35.5. The Balaban J connectivity index is 1.87. The van der Waals surface area contributed by atoms with Crippen LogP contribution in [0.3, 0.4) is 0 Å². The largest absolute Gasteiger partial charge is 0.493 e. The van der Waals surface area contributed by atoms with Gasteiger partial charge >= 0.3 is 0 Å². The third kappa shape index (κ3) is 3.95. The molecule has 0 fully saturated rings. The van der Waals surface area contributed by atoms with Crippen molar-refractivity contribution in [1.82, 2.24) is 4.90 Å². The number of carbonyl (C=O) groups is 1. The van der Waals surface area contributed by atoms with Crippen LogP contribution >= 0.6 is 11.6 Å². The van der Waals surface area contributed by atoms with Gasteiger partial charge in [0, 0.05) is 7.05 Å². The first-order chi connectivity index (χ1) is 10.7. The summed E-state index contributed by atoms with van der Waals surface area (Å²) >= 11 is 5.65. The number of hydrogen-bond donors (Lipinski definition) is 0. The van der Waals surface area contributed by atoms with E-state index >= 15 is 0 Å². The molecule has 1 aromatic carbocycles. The van der Waals surface area contributed by atoms with Gasteiger partial charge in [0.1, 0.15) is 12.4 Å². The van der Waals surface area contributed by atoms with Crippen molar-refractivity contribution in [2.24, 2.45) is 0 Å². The van der Waals surface area contributed by atoms with Gasteiger partial charge in [0.05, 0.1) is 19.5 Å². The zero-order valence-corrected chi connectivity index (χ0v) is 13.3. The highest BCUT2D eigenvalue weighted by molar-refractivity contribution is 6.16. The Kier molecular flexibility index (Phi) is 5.72. The first-order valence-corrected chi connectivity index (χ1v) is 7.35. The van der Waals surface area contributed by atoms with E-state index in [-0.39, 0.29) is 17.5 Å². The van der Waals surface area contributed by atoms with Crippen molar-refractivity contribution in [2.75, 3.05) is 27.3 Å². The molecule has 0 aliphatic carbocycles. The number of methoxy groups -OCH3 is 1. The van der Waals surface area contributed by atoms with Crippen molar-refractivity contribution in [3.05, 3.63) is 47.9 Å². The molecule has 0 spiro atoms. The van der Waals surface area contributed by atoms with Crippen molar-refractivity contribution in [2.45, 2.75) is 5.88 Å². The molecular formula is C16H18ClNO4. The Bertz CT molecular complexity index is 626. The van der Waals surface area contributed by atoms with Gasteiger partial charge in [-0.3, -0.25) is 4.79 Å². The standard InChI is InChI=1S/C16H18ClNO4/c1-18(16(19)15-8-7-12(11-17)22-15)9-10-21-14-6-4-3-5-13(14)20-2/h3-8H,9-11H2,1-2H3. The quantitative estimate of drug-likeness (QED) is 0.734. The molecule has 118 valence electrons. The fraction of sp³-hybridized carbons (Fsp3) is 0.312. The molecule has 0 saturated carbocycles.